The lowest BCUT2D eigenvalue weighted by Crippen LogP contribution is -2.24. The van der Waals surface area contributed by atoms with E-state index in [2.05, 4.69) is 5.32 Å². The minimum Gasteiger partial charge on any atom is -0.481 e. The Kier molecular flexibility index (Phi) is 5.67. The number of nitrogens with one attached hydrogen (secondary N) is 1. The van der Waals surface area contributed by atoms with Gasteiger partial charge in [0.1, 0.15) is 10.8 Å². The second-order valence-corrected chi connectivity index (χ2v) is 8.01. The largest absolute Gasteiger partial charge is 0.481 e. The van der Waals surface area contributed by atoms with E-state index in [1.165, 1.54) is 11.3 Å². The summed E-state index contributed by atoms with van der Waals surface area (Å²) in [6.07, 6.45) is 2.63. The van der Waals surface area contributed by atoms with Gasteiger partial charge in [-0.2, -0.15) is 0 Å². The Morgan fingerprint density at radius 1 is 1.03 bits per heavy atom. The van der Waals surface area contributed by atoms with Gasteiger partial charge in [0.2, 0.25) is 0 Å². The summed E-state index contributed by atoms with van der Waals surface area (Å²) in [5.41, 5.74) is 6.77. The number of nitrogens with two attached hydrogens (primary N) is 1. The number of ether oxygens (including phenoxy) is 2. The van der Waals surface area contributed by atoms with Crippen LogP contribution in [0, 0.1) is 0 Å². The van der Waals surface area contributed by atoms with Crippen molar-refractivity contribution < 1.29 is 23.9 Å². The van der Waals surface area contributed by atoms with Crippen LogP contribution >= 0.6 is 11.3 Å². The zero-order chi connectivity index (χ0) is 21.1. The minimum absolute atomic E-state index is 0.318. The van der Waals surface area contributed by atoms with Gasteiger partial charge in [0.25, 0.3) is 11.8 Å². The number of benzene rings is 2. The topological polar surface area (TPSA) is 108 Å². The molecule has 0 atom stereocenters. The van der Waals surface area contributed by atoms with E-state index in [0.29, 0.717) is 16.3 Å². The Bertz CT molecular complexity index is 1130. The van der Waals surface area contributed by atoms with E-state index in [1.54, 1.807) is 6.07 Å². The number of aryl methyl sites for hydroxylation is 1. The molecule has 8 heteroatoms. The Labute approximate surface area is 176 Å². The highest BCUT2D eigenvalue weighted by atomic mass is 32.1. The van der Waals surface area contributed by atoms with Crippen LogP contribution in [0.1, 0.15) is 27.2 Å². The molecule has 0 bridgehead atoms. The fraction of sp³-hybridized carbons (Fsp3) is 0.227. The Morgan fingerprint density at radius 3 is 2.67 bits per heavy atom. The first kappa shape index (κ1) is 19.9. The molecule has 7 nitrogen and oxygen atoms in total. The molecule has 1 aliphatic rings. The van der Waals surface area contributed by atoms with Crippen molar-refractivity contribution in [3.05, 3.63) is 58.5 Å². The van der Waals surface area contributed by atoms with E-state index in [1.807, 2.05) is 36.4 Å². The first-order valence-corrected chi connectivity index (χ1v) is 10.3. The van der Waals surface area contributed by atoms with E-state index >= 15 is 0 Å². The Morgan fingerprint density at radius 2 is 1.83 bits per heavy atom. The van der Waals surface area contributed by atoms with Gasteiger partial charge in [0.05, 0.1) is 5.56 Å². The maximum atomic E-state index is 12.2. The number of anilines is 1. The number of esters is 1. The standard InChI is InChI=1S/C22H20N2O5S/c23-21(27)20-15-8-4-10-17(15)30-22(20)24-18(25)11-29-19(26)12-28-16-9-3-6-13-5-1-2-7-14(13)16/h1-3,5-7,9H,4,8,10-12H2,(H2,23,27)(H,24,25). The molecular formula is C22H20N2O5S. The molecule has 1 aliphatic carbocycles. The van der Waals surface area contributed by atoms with Crippen LogP contribution in [0.2, 0.25) is 0 Å². The van der Waals surface area contributed by atoms with Crippen LogP contribution in [0.3, 0.4) is 0 Å². The SMILES string of the molecule is NC(=O)c1c(NC(=O)COC(=O)COc2cccc3ccccc23)sc2c1CCC2. The summed E-state index contributed by atoms with van der Waals surface area (Å²) in [4.78, 5) is 37.0. The number of hydrogen-bond acceptors (Lipinski definition) is 6. The molecule has 1 aromatic heterocycles. The molecule has 0 saturated carbocycles. The summed E-state index contributed by atoms with van der Waals surface area (Å²) in [6, 6.07) is 13.2. The number of thiophene rings is 1. The van der Waals surface area contributed by atoms with Gasteiger partial charge in [-0.1, -0.05) is 36.4 Å². The van der Waals surface area contributed by atoms with E-state index in [-0.39, 0.29) is 6.61 Å². The molecule has 3 N–H and O–H groups in total. The van der Waals surface area contributed by atoms with E-state index in [4.69, 9.17) is 15.2 Å². The van der Waals surface area contributed by atoms with Gasteiger partial charge in [0.15, 0.2) is 13.2 Å². The third-order valence-corrected chi connectivity index (χ3v) is 6.09. The monoisotopic (exact) mass is 424 g/mol. The summed E-state index contributed by atoms with van der Waals surface area (Å²) in [5.74, 6) is -1.20. The average molecular weight is 424 g/mol. The number of carbonyl (C=O) groups is 3. The fourth-order valence-corrected chi connectivity index (χ4v) is 4.87. The zero-order valence-electron chi connectivity index (χ0n) is 16.1. The minimum atomic E-state index is -0.665. The maximum Gasteiger partial charge on any atom is 0.344 e. The molecule has 0 spiro atoms. The highest BCUT2D eigenvalue weighted by Gasteiger charge is 2.26. The fourth-order valence-electron chi connectivity index (χ4n) is 3.56. The maximum absolute atomic E-state index is 12.2. The summed E-state index contributed by atoms with van der Waals surface area (Å²) in [6.45, 7) is -0.792. The van der Waals surface area contributed by atoms with Gasteiger partial charge in [-0.15, -0.1) is 11.3 Å². The van der Waals surface area contributed by atoms with Crippen LogP contribution < -0.4 is 15.8 Å². The zero-order valence-corrected chi connectivity index (χ0v) is 16.9. The van der Waals surface area contributed by atoms with Gasteiger partial charge < -0.3 is 20.5 Å². The number of carbonyl (C=O) groups excluding carboxylic acids is 3. The molecule has 30 heavy (non-hydrogen) atoms. The van der Waals surface area contributed by atoms with E-state index in [9.17, 15) is 14.4 Å². The summed E-state index contributed by atoms with van der Waals surface area (Å²) >= 11 is 1.35. The average Bonchev–Trinajstić information content (AvgIpc) is 3.31. The third kappa shape index (κ3) is 4.13. The number of rotatable bonds is 7. The summed E-state index contributed by atoms with van der Waals surface area (Å²) in [5, 5.41) is 4.93. The van der Waals surface area contributed by atoms with Crippen LogP contribution in [0.5, 0.6) is 5.75 Å². The van der Waals surface area contributed by atoms with Gasteiger partial charge in [-0.25, -0.2) is 4.79 Å². The summed E-state index contributed by atoms with van der Waals surface area (Å²) in [7, 11) is 0. The molecule has 3 aromatic rings. The lowest BCUT2D eigenvalue weighted by molar-refractivity contribution is -0.149. The Balaban J connectivity index is 1.31. The molecule has 0 saturated heterocycles. The van der Waals surface area contributed by atoms with Gasteiger partial charge in [0, 0.05) is 10.3 Å². The van der Waals surface area contributed by atoms with E-state index in [0.717, 1.165) is 40.5 Å². The van der Waals surface area contributed by atoms with Crippen molar-refractivity contribution in [1.82, 2.24) is 0 Å². The number of primary amides is 1. The van der Waals surface area contributed by atoms with Crippen LogP contribution in [0.25, 0.3) is 10.8 Å². The number of hydrogen-bond donors (Lipinski definition) is 2. The van der Waals surface area contributed by atoms with Gasteiger partial charge in [-0.3, -0.25) is 9.59 Å². The lowest BCUT2D eigenvalue weighted by atomic mass is 10.1. The molecule has 2 aromatic carbocycles. The van der Waals surface area contributed by atoms with Crippen molar-refractivity contribution in [3.63, 3.8) is 0 Å². The number of amides is 2. The molecule has 154 valence electrons. The second kappa shape index (κ2) is 8.54. The predicted octanol–water partition coefficient (Wildman–Crippen LogP) is 3.05. The first-order chi connectivity index (χ1) is 14.5. The summed E-state index contributed by atoms with van der Waals surface area (Å²) < 4.78 is 10.6. The van der Waals surface area contributed by atoms with Crippen molar-refractivity contribution >= 4 is 44.9 Å². The normalized spacial score (nSPS) is 12.4. The third-order valence-electron chi connectivity index (χ3n) is 4.88. The molecule has 2 amide bonds. The predicted molar refractivity (Wildman–Crippen MR) is 114 cm³/mol. The smallest absolute Gasteiger partial charge is 0.344 e. The quantitative estimate of drug-likeness (QED) is 0.567. The van der Waals surface area contributed by atoms with Crippen molar-refractivity contribution in [2.75, 3.05) is 18.5 Å². The molecular weight excluding hydrogens is 404 g/mol. The highest BCUT2D eigenvalue weighted by Crippen LogP contribution is 2.38. The van der Waals surface area contributed by atoms with Crippen LogP contribution in [0.15, 0.2) is 42.5 Å². The van der Waals surface area contributed by atoms with E-state index < -0.39 is 24.4 Å². The number of fused-ring (bicyclic) bond motifs is 2. The van der Waals surface area contributed by atoms with Crippen molar-refractivity contribution in [3.8, 4) is 5.75 Å². The van der Waals surface area contributed by atoms with Gasteiger partial charge >= 0.3 is 5.97 Å². The highest BCUT2D eigenvalue weighted by molar-refractivity contribution is 7.17. The molecule has 0 unspecified atom stereocenters. The second-order valence-electron chi connectivity index (χ2n) is 6.90. The van der Waals surface area contributed by atoms with Crippen molar-refractivity contribution in [2.45, 2.75) is 19.3 Å². The van der Waals surface area contributed by atoms with Crippen molar-refractivity contribution in [1.29, 1.82) is 0 Å². The molecule has 0 aliphatic heterocycles. The molecule has 0 radical (unpaired) electrons. The van der Waals surface area contributed by atoms with Gasteiger partial charge in [-0.05, 0) is 36.3 Å². The Hall–Kier alpha value is -3.39. The van der Waals surface area contributed by atoms with Crippen molar-refractivity contribution in [2.24, 2.45) is 5.73 Å². The lowest BCUT2D eigenvalue weighted by Gasteiger charge is -2.10. The van der Waals surface area contributed by atoms with Crippen LogP contribution in [0.4, 0.5) is 5.00 Å². The molecule has 4 rings (SSSR count). The molecule has 1 heterocycles. The van der Waals surface area contributed by atoms with Crippen LogP contribution in [-0.2, 0) is 27.2 Å². The van der Waals surface area contributed by atoms with Crippen LogP contribution in [-0.4, -0.2) is 31.0 Å². The molecule has 0 fully saturated rings. The first-order valence-electron chi connectivity index (χ1n) is 9.53.